The molecule has 0 fully saturated rings. The van der Waals surface area contributed by atoms with Crippen LogP contribution in [0, 0.1) is 11.2 Å². The Morgan fingerprint density at radius 1 is 1.38 bits per heavy atom. The van der Waals surface area contributed by atoms with Crippen LogP contribution in [0.5, 0.6) is 0 Å². The van der Waals surface area contributed by atoms with Crippen molar-refractivity contribution in [2.45, 2.75) is 46.0 Å². The van der Waals surface area contributed by atoms with E-state index in [4.69, 9.17) is 5.11 Å². The maximum absolute atomic E-state index is 14.1. The monoisotopic (exact) mass is 293 g/mol. The normalized spacial score (nSPS) is 14.5. The highest BCUT2D eigenvalue weighted by molar-refractivity contribution is 5.93. The Hall–Kier alpha value is -1.91. The number of rotatable bonds is 5. The Morgan fingerprint density at radius 3 is 2.76 bits per heavy atom. The number of carbonyl (C=O) groups excluding carboxylic acids is 1. The maximum atomic E-state index is 14.1. The summed E-state index contributed by atoms with van der Waals surface area (Å²) in [7, 11) is 0. The van der Waals surface area contributed by atoms with Crippen LogP contribution in [-0.2, 0) is 22.4 Å². The number of amides is 1. The highest BCUT2D eigenvalue weighted by Crippen LogP contribution is 2.30. The molecule has 1 heterocycles. The number of benzene rings is 1. The van der Waals surface area contributed by atoms with Crippen molar-refractivity contribution in [1.29, 1.82) is 0 Å². The molecule has 0 atom stereocenters. The number of halogens is 1. The summed E-state index contributed by atoms with van der Waals surface area (Å²) in [5.74, 6) is -1.27. The molecule has 0 radical (unpaired) electrons. The van der Waals surface area contributed by atoms with Crippen LogP contribution in [0.3, 0.4) is 0 Å². The second kappa shape index (κ2) is 5.84. The zero-order valence-corrected chi connectivity index (χ0v) is 12.3. The molecule has 2 rings (SSSR count). The van der Waals surface area contributed by atoms with E-state index in [1.807, 2.05) is 13.8 Å². The van der Waals surface area contributed by atoms with Gasteiger partial charge in [-0.25, -0.2) is 4.39 Å². The highest BCUT2D eigenvalue weighted by atomic mass is 19.1. The van der Waals surface area contributed by atoms with Crippen molar-refractivity contribution in [1.82, 2.24) is 0 Å². The van der Waals surface area contributed by atoms with Gasteiger partial charge in [-0.3, -0.25) is 9.59 Å². The molecule has 1 aromatic carbocycles. The number of hydrogen-bond acceptors (Lipinski definition) is 2. The van der Waals surface area contributed by atoms with E-state index in [0.29, 0.717) is 36.9 Å². The summed E-state index contributed by atoms with van der Waals surface area (Å²) in [6, 6.07) is 3.16. The van der Waals surface area contributed by atoms with E-state index in [1.165, 1.54) is 6.07 Å². The minimum atomic E-state index is -0.839. The van der Waals surface area contributed by atoms with Crippen LogP contribution in [0.2, 0.25) is 0 Å². The standard InChI is InChI=1S/C16H20FNO3/c1-16(2,9-15(20)21)6-5-10-7-11-3-4-14(19)18-13(11)8-12(10)17/h7-8H,3-6,9H2,1-2H3,(H,18,19)(H,20,21). The number of carboxylic acids is 1. The summed E-state index contributed by atoms with van der Waals surface area (Å²) in [6.45, 7) is 3.75. The van der Waals surface area contributed by atoms with Crippen molar-refractivity contribution >= 4 is 17.6 Å². The van der Waals surface area contributed by atoms with Crippen LogP contribution >= 0.6 is 0 Å². The van der Waals surface area contributed by atoms with Crippen molar-refractivity contribution in [3.63, 3.8) is 0 Å². The molecule has 4 nitrogen and oxygen atoms in total. The Labute approximate surface area is 123 Å². The molecule has 1 aliphatic heterocycles. The van der Waals surface area contributed by atoms with Gasteiger partial charge in [-0.05, 0) is 41.9 Å². The summed E-state index contributed by atoms with van der Waals surface area (Å²) in [4.78, 5) is 22.1. The first kappa shape index (κ1) is 15.5. The van der Waals surface area contributed by atoms with E-state index >= 15 is 0 Å². The van der Waals surface area contributed by atoms with Crippen molar-refractivity contribution in [3.8, 4) is 0 Å². The molecule has 0 bridgehead atoms. The molecule has 0 aromatic heterocycles. The van der Waals surface area contributed by atoms with Crippen LogP contribution in [0.15, 0.2) is 12.1 Å². The zero-order chi connectivity index (χ0) is 15.6. The fourth-order valence-corrected chi connectivity index (χ4v) is 2.62. The second-order valence-corrected chi connectivity index (χ2v) is 6.38. The van der Waals surface area contributed by atoms with Crippen LogP contribution in [0.1, 0.15) is 44.2 Å². The van der Waals surface area contributed by atoms with E-state index in [2.05, 4.69) is 5.32 Å². The van der Waals surface area contributed by atoms with Gasteiger partial charge in [0.05, 0.1) is 6.42 Å². The molecule has 21 heavy (non-hydrogen) atoms. The number of aryl methyl sites for hydroxylation is 2. The van der Waals surface area contributed by atoms with Gasteiger partial charge in [0, 0.05) is 12.1 Å². The summed E-state index contributed by atoms with van der Waals surface area (Å²) in [5.41, 5.74) is 1.71. The van der Waals surface area contributed by atoms with Crippen LogP contribution in [0.25, 0.3) is 0 Å². The van der Waals surface area contributed by atoms with Crippen molar-refractivity contribution in [2.24, 2.45) is 5.41 Å². The summed E-state index contributed by atoms with van der Waals surface area (Å²) in [5, 5.41) is 11.5. The van der Waals surface area contributed by atoms with Gasteiger partial charge in [-0.15, -0.1) is 0 Å². The lowest BCUT2D eigenvalue weighted by atomic mass is 9.83. The Bertz CT molecular complexity index is 581. The number of carboxylic acid groups (broad SMARTS) is 1. The lowest BCUT2D eigenvalue weighted by Gasteiger charge is -2.23. The predicted octanol–water partition coefficient (Wildman–Crippen LogP) is 3.14. The second-order valence-electron chi connectivity index (χ2n) is 6.38. The Balaban J connectivity index is 2.11. The fourth-order valence-electron chi connectivity index (χ4n) is 2.62. The quantitative estimate of drug-likeness (QED) is 0.876. The predicted molar refractivity (Wildman–Crippen MR) is 77.7 cm³/mol. The fraction of sp³-hybridized carbons (Fsp3) is 0.500. The minimum absolute atomic E-state index is 0.0651. The average molecular weight is 293 g/mol. The van der Waals surface area contributed by atoms with Gasteiger partial charge in [0.15, 0.2) is 0 Å². The molecule has 1 aromatic rings. The van der Waals surface area contributed by atoms with E-state index in [1.54, 1.807) is 6.07 Å². The van der Waals surface area contributed by atoms with E-state index in [0.717, 1.165) is 5.56 Å². The van der Waals surface area contributed by atoms with Gasteiger partial charge in [0.2, 0.25) is 5.91 Å². The average Bonchev–Trinajstić information content (AvgIpc) is 2.34. The molecule has 0 unspecified atom stereocenters. The van der Waals surface area contributed by atoms with Crippen molar-refractivity contribution in [2.75, 3.05) is 5.32 Å². The third-order valence-electron chi connectivity index (χ3n) is 3.87. The van der Waals surface area contributed by atoms with E-state index in [9.17, 15) is 14.0 Å². The lowest BCUT2D eigenvalue weighted by Crippen LogP contribution is -2.20. The Morgan fingerprint density at radius 2 is 2.10 bits per heavy atom. The third-order valence-corrected chi connectivity index (χ3v) is 3.87. The first-order valence-electron chi connectivity index (χ1n) is 7.10. The topological polar surface area (TPSA) is 66.4 Å². The summed E-state index contributed by atoms with van der Waals surface area (Å²) in [6.07, 6.45) is 2.19. The van der Waals surface area contributed by atoms with Gasteiger partial charge in [0.25, 0.3) is 0 Å². The number of aliphatic carboxylic acids is 1. The maximum Gasteiger partial charge on any atom is 0.303 e. The van der Waals surface area contributed by atoms with Crippen LogP contribution in [-0.4, -0.2) is 17.0 Å². The first-order valence-corrected chi connectivity index (χ1v) is 7.10. The molecule has 0 saturated heterocycles. The summed E-state index contributed by atoms with van der Waals surface area (Å²) < 4.78 is 14.1. The van der Waals surface area contributed by atoms with Gasteiger partial charge in [-0.2, -0.15) is 0 Å². The molecule has 5 heteroatoms. The number of hydrogen-bond donors (Lipinski definition) is 2. The molecule has 1 amide bonds. The number of anilines is 1. The molecular weight excluding hydrogens is 273 g/mol. The molecule has 1 aliphatic rings. The lowest BCUT2D eigenvalue weighted by molar-refractivity contribution is -0.139. The van der Waals surface area contributed by atoms with E-state index < -0.39 is 5.97 Å². The Kier molecular flexibility index (Phi) is 4.30. The molecular formula is C16H20FNO3. The van der Waals surface area contributed by atoms with Gasteiger partial charge >= 0.3 is 5.97 Å². The summed E-state index contributed by atoms with van der Waals surface area (Å²) >= 11 is 0. The van der Waals surface area contributed by atoms with E-state index in [-0.39, 0.29) is 23.6 Å². The number of carbonyl (C=O) groups is 2. The first-order chi connectivity index (χ1) is 9.77. The van der Waals surface area contributed by atoms with Crippen molar-refractivity contribution in [3.05, 3.63) is 29.1 Å². The molecule has 114 valence electrons. The van der Waals surface area contributed by atoms with Crippen LogP contribution in [0.4, 0.5) is 10.1 Å². The minimum Gasteiger partial charge on any atom is -0.481 e. The molecule has 0 spiro atoms. The van der Waals surface area contributed by atoms with Crippen molar-refractivity contribution < 1.29 is 19.1 Å². The van der Waals surface area contributed by atoms with Gasteiger partial charge in [-0.1, -0.05) is 19.9 Å². The SMILES string of the molecule is CC(C)(CCc1cc2c(cc1F)NC(=O)CC2)CC(=O)O. The van der Waals surface area contributed by atoms with Crippen LogP contribution < -0.4 is 5.32 Å². The molecule has 2 N–H and O–H groups in total. The highest BCUT2D eigenvalue weighted by Gasteiger charge is 2.23. The number of nitrogens with one attached hydrogen (secondary N) is 1. The zero-order valence-electron chi connectivity index (χ0n) is 12.3. The van der Waals surface area contributed by atoms with Gasteiger partial charge in [0.1, 0.15) is 5.82 Å². The smallest absolute Gasteiger partial charge is 0.303 e. The third kappa shape index (κ3) is 4.03. The van der Waals surface area contributed by atoms with Gasteiger partial charge < -0.3 is 10.4 Å². The number of fused-ring (bicyclic) bond motifs is 1. The largest absolute Gasteiger partial charge is 0.481 e. The molecule has 0 aliphatic carbocycles. The molecule has 0 saturated carbocycles.